The van der Waals surface area contributed by atoms with Crippen LogP contribution in [-0.4, -0.2) is 32.8 Å². The zero-order valence-corrected chi connectivity index (χ0v) is 18.1. The molecule has 0 bridgehead atoms. The maximum absolute atomic E-state index is 12.9. The quantitative estimate of drug-likeness (QED) is 0.771. The highest BCUT2D eigenvalue weighted by molar-refractivity contribution is 7.91. The fraction of sp³-hybridized carbons (Fsp3) is 0.682. The van der Waals surface area contributed by atoms with Gasteiger partial charge in [0.1, 0.15) is 27.6 Å². The summed E-state index contributed by atoms with van der Waals surface area (Å²) in [7, 11) is 0. The van der Waals surface area contributed by atoms with Crippen molar-refractivity contribution in [2.45, 2.75) is 77.6 Å². The second kappa shape index (κ2) is 7.76. The van der Waals surface area contributed by atoms with Crippen LogP contribution in [0.4, 0.5) is 0 Å². The van der Waals surface area contributed by atoms with Crippen molar-refractivity contribution < 1.29 is 14.4 Å². The fourth-order valence-corrected chi connectivity index (χ4v) is 4.68. The number of nitrogens with zero attached hydrogens (tertiary/aromatic N) is 1. The summed E-state index contributed by atoms with van der Waals surface area (Å²) in [4.78, 5) is 0. The van der Waals surface area contributed by atoms with E-state index >= 15 is 0 Å². The van der Waals surface area contributed by atoms with E-state index in [1.807, 2.05) is 26.8 Å². The highest BCUT2D eigenvalue weighted by Gasteiger charge is 2.47. The van der Waals surface area contributed by atoms with Crippen molar-refractivity contribution in [3.8, 4) is 5.75 Å². The first-order valence-electron chi connectivity index (χ1n) is 10.1. The average Bonchev–Trinajstić information content (AvgIpc) is 2.88. The van der Waals surface area contributed by atoms with Crippen LogP contribution in [0, 0.1) is 11.3 Å². The third-order valence-electron chi connectivity index (χ3n) is 5.56. The van der Waals surface area contributed by atoms with Gasteiger partial charge >= 0.3 is 0 Å². The highest BCUT2D eigenvalue weighted by atomic mass is 32.2. The number of aliphatic hydroxyl groups is 1. The van der Waals surface area contributed by atoms with Gasteiger partial charge in [0.15, 0.2) is 0 Å². The van der Waals surface area contributed by atoms with Crippen molar-refractivity contribution in [1.82, 2.24) is 0 Å². The monoisotopic (exact) mass is 391 g/mol. The van der Waals surface area contributed by atoms with Crippen LogP contribution in [0.3, 0.4) is 0 Å². The Labute approximate surface area is 166 Å². The number of hydrogen-bond acceptors (Lipinski definition) is 4. The number of fused-ring (bicyclic) bond motifs is 1. The van der Waals surface area contributed by atoms with Gasteiger partial charge < -0.3 is 14.4 Å². The third-order valence-corrected chi connectivity index (χ3v) is 6.96. The van der Waals surface area contributed by atoms with E-state index in [-0.39, 0.29) is 11.5 Å². The largest absolute Gasteiger partial charge is 0.591 e. The van der Waals surface area contributed by atoms with Gasteiger partial charge in [0.05, 0.1) is 12.7 Å². The van der Waals surface area contributed by atoms with Gasteiger partial charge in [-0.3, -0.25) is 0 Å². The number of benzene rings is 1. The van der Waals surface area contributed by atoms with E-state index in [9.17, 15) is 9.66 Å². The van der Waals surface area contributed by atoms with E-state index < -0.39 is 16.1 Å². The second-order valence-corrected chi connectivity index (χ2v) is 11.4. The molecule has 2 aliphatic carbocycles. The smallest absolute Gasteiger partial charge is 0.144 e. The summed E-state index contributed by atoms with van der Waals surface area (Å²) in [5.41, 5.74) is 3.21. The van der Waals surface area contributed by atoms with E-state index in [1.54, 1.807) is 0 Å². The zero-order valence-electron chi connectivity index (χ0n) is 17.2. The van der Waals surface area contributed by atoms with E-state index in [2.05, 4.69) is 26.0 Å². The van der Waals surface area contributed by atoms with Crippen LogP contribution in [0.15, 0.2) is 22.6 Å². The summed E-state index contributed by atoms with van der Waals surface area (Å²) in [6, 6.07) is 6.26. The van der Waals surface area contributed by atoms with Crippen molar-refractivity contribution in [3.63, 3.8) is 0 Å². The van der Waals surface area contributed by atoms with E-state index in [0.717, 1.165) is 49.1 Å². The second-order valence-electron chi connectivity index (χ2n) is 9.51. The number of rotatable bonds is 4. The molecular weight excluding hydrogens is 358 g/mol. The lowest BCUT2D eigenvalue weighted by atomic mass is 9.70. The van der Waals surface area contributed by atoms with Gasteiger partial charge in [-0.25, -0.2) is 0 Å². The summed E-state index contributed by atoms with van der Waals surface area (Å²) >= 11 is -1.30. The lowest BCUT2D eigenvalue weighted by Gasteiger charge is -2.36. The molecule has 0 saturated heterocycles. The van der Waals surface area contributed by atoms with Crippen LogP contribution in [-0.2, 0) is 17.8 Å². The average molecular weight is 392 g/mol. The maximum atomic E-state index is 12.9. The molecule has 3 rings (SSSR count). The summed E-state index contributed by atoms with van der Waals surface area (Å²) in [6.45, 7) is 10.8. The standard InChI is InChI=1S/C22H33NO3S/c1-15(2)14-26-18-7-6-16-13-22(10-8-17(24)9-11-22)20(19(16)12-18)23-27(25)21(3,4)5/h6-7,12,15,17,24H,8-11,13-14H2,1-5H3/t17-,22-,27?. The Morgan fingerprint density at radius 1 is 1.30 bits per heavy atom. The van der Waals surface area contributed by atoms with Gasteiger partial charge in [-0.2, -0.15) is 0 Å². The molecular formula is C22H33NO3S. The molecule has 0 aromatic heterocycles. The van der Waals surface area contributed by atoms with Gasteiger partial charge in [-0.15, -0.1) is 0 Å². The summed E-state index contributed by atoms with van der Waals surface area (Å²) in [6.07, 6.45) is 4.05. The summed E-state index contributed by atoms with van der Waals surface area (Å²) < 4.78 is 23.2. The third kappa shape index (κ3) is 4.52. The Balaban J connectivity index is 1.99. The fourth-order valence-electron chi connectivity index (χ4n) is 3.95. The van der Waals surface area contributed by atoms with Crippen molar-refractivity contribution in [3.05, 3.63) is 29.3 Å². The lowest BCUT2D eigenvalue weighted by Crippen LogP contribution is -2.37. The van der Waals surface area contributed by atoms with Gasteiger partial charge in [0.2, 0.25) is 0 Å². The van der Waals surface area contributed by atoms with Crippen molar-refractivity contribution in [1.29, 1.82) is 0 Å². The molecule has 150 valence electrons. The number of aliphatic hydroxyl groups excluding tert-OH is 1. The Morgan fingerprint density at radius 2 is 1.96 bits per heavy atom. The van der Waals surface area contributed by atoms with Crippen LogP contribution in [0.1, 0.15) is 71.4 Å². The van der Waals surface area contributed by atoms with Crippen molar-refractivity contribution >= 4 is 17.1 Å². The molecule has 4 nitrogen and oxygen atoms in total. The normalized spacial score (nSPS) is 28.0. The van der Waals surface area contributed by atoms with Crippen molar-refractivity contribution in [2.24, 2.45) is 15.7 Å². The minimum atomic E-state index is -1.30. The molecule has 1 atom stereocenters. The highest BCUT2D eigenvalue weighted by Crippen LogP contribution is 2.49. The molecule has 1 saturated carbocycles. The van der Waals surface area contributed by atoms with Crippen molar-refractivity contribution in [2.75, 3.05) is 6.61 Å². The molecule has 0 aliphatic heterocycles. The minimum Gasteiger partial charge on any atom is -0.591 e. The van der Waals surface area contributed by atoms with Crippen LogP contribution >= 0.6 is 0 Å². The molecule has 1 fully saturated rings. The Hall–Kier alpha value is -1.04. The topological polar surface area (TPSA) is 64.9 Å². The van der Waals surface area contributed by atoms with Crippen LogP contribution in [0.25, 0.3) is 0 Å². The minimum absolute atomic E-state index is 0.0981. The number of hydrogen-bond donors (Lipinski definition) is 1. The molecule has 5 heteroatoms. The predicted octanol–water partition coefficient (Wildman–Crippen LogP) is 4.45. The first-order chi connectivity index (χ1) is 12.6. The molecule has 1 N–H and O–H groups in total. The van der Waals surface area contributed by atoms with E-state index in [4.69, 9.17) is 9.13 Å². The van der Waals surface area contributed by atoms with Gasteiger partial charge in [0.25, 0.3) is 0 Å². The molecule has 1 aromatic rings. The maximum Gasteiger partial charge on any atom is 0.144 e. The molecule has 27 heavy (non-hydrogen) atoms. The molecule has 2 aliphatic rings. The van der Waals surface area contributed by atoms with E-state index in [0.29, 0.717) is 12.5 Å². The Kier molecular flexibility index (Phi) is 5.95. The van der Waals surface area contributed by atoms with Crippen LogP contribution < -0.4 is 4.74 Å². The summed E-state index contributed by atoms with van der Waals surface area (Å²) in [5.74, 6) is 1.32. The summed E-state index contributed by atoms with van der Waals surface area (Å²) in [5, 5.41) is 10.0. The molecule has 1 aromatic carbocycles. The molecule has 1 spiro atoms. The first-order valence-corrected chi connectivity index (χ1v) is 11.2. The van der Waals surface area contributed by atoms with Crippen LogP contribution in [0.5, 0.6) is 5.75 Å². The van der Waals surface area contributed by atoms with Gasteiger partial charge in [-0.1, -0.05) is 24.3 Å². The molecule has 0 radical (unpaired) electrons. The SMILES string of the molecule is CC(C)COc1ccc2c(c1)C(=N[S+]([O-])C(C)(C)C)[C@]1(CC[C@H](O)CC1)C2. The first kappa shape index (κ1) is 20.7. The predicted molar refractivity (Wildman–Crippen MR) is 112 cm³/mol. The van der Waals surface area contributed by atoms with E-state index in [1.165, 1.54) is 5.56 Å². The Bertz CT molecular complexity index is 700. The molecule has 0 heterocycles. The van der Waals surface area contributed by atoms with Crippen LogP contribution in [0.2, 0.25) is 0 Å². The zero-order chi connectivity index (χ0) is 19.8. The Morgan fingerprint density at radius 3 is 2.56 bits per heavy atom. The van der Waals surface area contributed by atoms with Gasteiger partial charge in [-0.05, 0) is 76.5 Å². The molecule has 1 unspecified atom stereocenters. The molecule has 0 amide bonds. The number of ether oxygens (including phenoxy) is 1. The van der Waals surface area contributed by atoms with Gasteiger partial charge in [0, 0.05) is 11.0 Å². The lowest BCUT2D eigenvalue weighted by molar-refractivity contribution is 0.0934.